The molecule has 33 heavy (non-hydrogen) atoms. The number of piperidine rings is 1. The third-order valence-corrected chi connectivity index (χ3v) is 5.97. The maximum atomic E-state index is 14.6. The molecule has 4 rings (SSSR count). The second-order valence-electron chi connectivity index (χ2n) is 8.99. The minimum absolute atomic E-state index is 0.0141. The van der Waals surface area contributed by atoms with Crippen molar-refractivity contribution >= 4 is 23.1 Å². The van der Waals surface area contributed by atoms with Crippen LogP contribution < -0.4 is 9.64 Å². The lowest BCUT2D eigenvalue weighted by Crippen LogP contribution is -2.40. The van der Waals surface area contributed by atoms with Gasteiger partial charge in [0, 0.05) is 19.7 Å². The van der Waals surface area contributed by atoms with Crippen molar-refractivity contribution in [3.63, 3.8) is 0 Å². The third kappa shape index (κ3) is 4.64. The number of rotatable bonds is 7. The average Bonchev–Trinajstić information content (AvgIpc) is 3.08. The van der Waals surface area contributed by atoms with E-state index in [2.05, 4.69) is 13.8 Å². The highest BCUT2D eigenvalue weighted by Crippen LogP contribution is 2.37. The standard InChI is InChI=1S/C26H29FN2O4/c1-17(2)16-33-20-11-9-19(10-12-20)23-24(28-13-5-6-18(14-28)15-30)26(32)29(25(23)31)22-8-4-3-7-21(22)27/h3-4,7-12,17-18,30H,5-6,13-16H2,1-2H3. The van der Waals surface area contributed by atoms with E-state index in [9.17, 15) is 19.1 Å². The fourth-order valence-electron chi connectivity index (χ4n) is 4.32. The first-order chi connectivity index (χ1) is 15.9. The molecule has 0 saturated carbocycles. The summed E-state index contributed by atoms with van der Waals surface area (Å²) in [6.45, 7) is 5.76. The van der Waals surface area contributed by atoms with Crippen LogP contribution in [0.25, 0.3) is 5.57 Å². The fraction of sp³-hybridized carbons (Fsp3) is 0.385. The van der Waals surface area contributed by atoms with Gasteiger partial charge in [0.2, 0.25) is 0 Å². The van der Waals surface area contributed by atoms with Crippen LogP contribution in [-0.4, -0.2) is 48.1 Å². The predicted octanol–water partition coefficient (Wildman–Crippen LogP) is 3.85. The Hall–Kier alpha value is -3.19. The second-order valence-corrected chi connectivity index (χ2v) is 8.99. The number of nitrogens with zero attached hydrogens (tertiary/aromatic N) is 2. The zero-order chi connectivity index (χ0) is 23.5. The number of carbonyl (C=O) groups excluding carboxylic acids is 2. The van der Waals surface area contributed by atoms with Crippen molar-refractivity contribution in [2.45, 2.75) is 26.7 Å². The van der Waals surface area contributed by atoms with Crippen LogP contribution in [-0.2, 0) is 9.59 Å². The lowest BCUT2D eigenvalue weighted by Gasteiger charge is -2.34. The molecule has 174 valence electrons. The van der Waals surface area contributed by atoms with Crippen LogP contribution in [0.15, 0.2) is 54.2 Å². The van der Waals surface area contributed by atoms with E-state index in [0.717, 1.165) is 17.7 Å². The number of aliphatic hydroxyl groups is 1. The molecular weight excluding hydrogens is 423 g/mol. The Balaban J connectivity index is 1.75. The maximum absolute atomic E-state index is 14.6. The number of imide groups is 1. The summed E-state index contributed by atoms with van der Waals surface area (Å²) in [5, 5.41) is 9.67. The number of halogens is 1. The smallest absolute Gasteiger partial charge is 0.282 e. The van der Waals surface area contributed by atoms with Crippen molar-refractivity contribution in [2.75, 3.05) is 31.2 Å². The summed E-state index contributed by atoms with van der Waals surface area (Å²) < 4.78 is 20.3. The highest BCUT2D eigenvalue weighted by molar-refractivity contribution is 6.45. The van der Waals surface area contributed by atoms with Crippen LogP contribution in [0.5, 0.6) is 5.75 Å². The minimum Gasteiger partial charge on any atom is -0.493 e. The largest absolute Gasteiger partial charge is 0.493 e. The van der Waals surface area contributed by atoms with Crippen LogP contribution in [0.2, 0.25) is 0 Å². The van der Waals surface area contributed by atoms with E-state index in [4.69, 9.17) is 4.74 Å². The number of ether oxygens (including phenoxy) is 1. The number of amides is 2. The zero-order valence-electron chi connectivity index (χ0n) is 19.0. The van der Waals surface area contributed by atoms with Crippen molar-refractivity contribution in [3.05, 3.63) is 65.6 Å². The average molecular weight is 453 g/mol. The Morgan fingerprint density at radius 1 is 1.09 bits per heavy atom. The van der Waals surface area contributed by atoms with Crippen LogP contribution in [0.3, 0.4) is 0 Å². The molecule has 2 aliphatic rings. The first-order valence-corrected chi connectivity index (χ1v) is 11.4. The first-order valence-electron chi connectivity index (χ1n) is 11.4. The van der Waals surface area contributed by atoms with Crippen LogP contribution in [0, 0.1) is 17.7 Å². The fourth-order valence-corrected chi connectivity index (χ4v) is 4.32. The van der Waals surface area contributed by atoms with Gasteiger partial charge in [0.25, 0.3) is 11.8 Å². The molecular formula is C26H29FN2O4. The molecule has 0 radical (unpaired) electrons. The second kappa shape index (κ2) is 9.75. The molecule has 1 atom stereocenters. The topological polar surface area (TPSA) is 70.1 Å². The normalized spacial score (nSPS) is 19.1. The number of carbonyl (C=O) groups is 2. The molecule has 1 fully saturated rings. The number of hydrogen-bond acceptors (Lipinski definition) is 5. The van der Waals surface area contributed by atoms with E-state index in [-0.39, 0.29) is 29.5 Å². The molecule has 1 N–H and O–H groups in total. The van der Waals surface area contributed by atoms with Gasteiger partial charge >= 0.3 is 0 Å². The van der Waals surface area contributed by atoms with Gasteiger partial charge in [0.15, 0.2) is 0 Å². The Kier molecular flexibility index (Phi) is 6.79. The predicted molar refractivity (Wildman–Crippen MR) is 124 cm³/mol. The zero-order valence-corrected chi connectivity index (χ0v) is 19.0. The Bertz CT molecular complexity index is 1060. The Morgan fingerprint density at radius 3 is 2.48 bits per heavy atom. The summed E-state index contributed by atoms with van der Waals surface area (Å²) in [5.74, 6) is -0.661. The van der Waals surface area contributed by atoms with Gasteiger partial charge in [0.05, 0.1) is 17.9 Å². The summed E-state index contributed by atoms with van der Waals surface area (Å²) >= 11 is 0. The Morgan fingerprint density at radius 2 is 1.82 bits per heavy atom. The van der Waals surface area contributed by atoms with Gasteiger partial charge in [-0.2, -0.15) is 0 Å². The number of benzene rings is 2. The van der Waals surface area contributed by atoms with Crippen LogP contribution >= 0.6 is 0 Å². The van der Waals surface area contributed by atoms with Crippen molar-refractivity contribution in [2.24, 2.45) is 11.8 Å². The highest BCUT2D eigenvalue weighted by Gasteiger charge is 2.44. The maximum Gasteiger partial charge on any atom is 0.282 e. The highest BCUT2D eigenvalue weighted by atomic mass is 19.1. The molecule has 2 aliphatic heterocycles. The minimum atomic E-state index is -0.635. The van der Waals surface area contributed by atoms with E-state index >= 15 is 0 Å². The van der Waals surface area contributed by atoms with Crippen LogP contribution in [0.1, 0.15) is 32.3 Å². The molecule has 0 aromatic heterocycles. The van der Waals surface area contributed by atoms with Gasteiger partial charge in [0.1, 0.15) is 17.3 Å². The number of para-hydroxylation sites is 1. The third-order valence-electron chi connectivity index (χ3n) is 5.97. The number of anilines is 1. The van der Waals surface area contributed by atoms with E-state index < -0.39 is 17.6 Å². The summed E-state index contributed by atoms with van der Waals surface area (Å²) in [5.41, 5.74) is 1.02. The lowest BCUT2D eigenvalue weighted by molar-refractivity contribution is -0.121. The number of hydrogen-bond donors (Lipinski definition) is 1. The molecule has 2 aromatic carbocycles. The van der Waals surface area contributed by atoms with Gasteiger partial charge < -0.3 is 14.7 Å². The van der Waals surface area contributed by atoms with Crippen molar-refractivity contribution < 1.29 is 23.8 Å². The molecule has 7 heteroatoms. The molecule has 6 nitrogen and oxygen atoms in total. The van der Waals surface area contributed by atoms with Crippen molar-refractivity contribution in [1.82, 2.24) is 4.90 Å². The molecule has 2 aromatic rings. The molecule has 0 aliphatic carbocycles. The molecule has 2 heterocycles. The van der Waals surface area contributed by atoms with Gasteiger partial charge in [-0.1, -0.05) is 38.1 Å². The SMILES string of the molecule is CC(C)COc1ccc(C2=C(N3CCCC(CO)C3)C(=O)N(c3ccccc3F)C2=O)cc1. The van der Waals surface area contributed by atoms with Gasteiger partial charge in [-0.3, -0.25) is 9.59 Å². The monoisotopic (exact) mass is 452 g/mol. The van der Waals surface area contributed by atoms with E-state index in [0.29, 0.717) is 36.9 Å². The molecule has 2 amide bonds. The van der Waals surface area contributed by atoms with Gasteiger partial charge in [-0.15, -0.1) is 0 Å². The summed E-state index contributed by atoms with van der Waals surface area (Å²) in [6, 6.07) is 12.9. The number of likely N-dealkylation sites (tertiary alicyclic amines) is 1. The molecule has 0 bridgehead atoms. The van der Waals surface area contributed by atoms with E-state index in [1.54, 1.807) is 30.3 Å². The Labute approximate surface area is 193 Å². The number of aliphatic hydroxyl groups excluding tert-OH is 1. The molecule has 0 spiro atoms. The summed E-state index contributed by atoms with van der Waals surface area (Å²) in [6.07, 6.45) is 1.65. The van der Waals surface area contributed by atoms with Gasteiger partial charge in [-0.25, -0.2) is 9.29 Å². The van der Waals surface area contributed by atoms with Gasteiger partial charge in [-0.05, 0) is 54.5 Å². The lowest BCUT2D eigenvalue weighted by atomic mass is 9.97. The first kappa shape index (κ1) is 23.0. The molecule has 1 saturated heterocycles. The summed E-state index contributed by atoms with van der Waals surface area (Å²) in [7, 11) is 0. The van der Waals surface area contributed by atoms with E-state index in [1.807, 2.05) is 4.90 Å². The van der Waals surface area contributed by atoms with Crippen molar-refractivity contribution in [1.29, 1.82) is 0 Å². The summed E-state index contributed by atoms with van der Waals surface area (Å²) in [4.78, 5) is 29.9. The van der Waals surface area contributed by atoms with Crippen molar-refractivity contribution in [3.8, 4) is 5.75 Å². The van der Waals surface area contributed by atoms with E-state index in [1.165, 1.54) is 18.2 Å². The molecule has 1 unspecified atom stereocenters. The van der Waals surface area contributed by atoms with Crippen LogP contribution in [0.4, 0.5) is 10.1 Å². The quantitative estimate of drug-likeness (QED) is 0.647.